The number of oxazole rings is 1. The van der Waals surface area contributed by atoms with Gasteiger partial charge in [0.25, 0.3) is 6.01 Å². The van der Waals surface area contributed by atoms with E-state index in [4.69, 9.17) is 13.7 Å². The number of fused-ring (bicyclic) bond motifs is 1. The number of piperidine rings is 1. The molecule has 8 heteroatoms. The number of nitrogens with one attached hydrogen (secondary N) is 1. The summed E-state index contributed by atoms with van der Waals surface area (Å²) < 4.78 is 15.9. The summed E-state index contributed by atoms with van der Waals surface area (Å²) in [4.78, 5) is 18.9. The van der Waals surface area contributed by atoms with E-state index in [1.807, 2.05) is 18.2 Å². The van der Waals surface area contributed by atoms with E-state index >= 15 is 0 Å². The van der Waals surface area contributed by atoms with Crippen LogP contribution in [0.2, 0.25) is 0 Å². The molecular formula is C19H22N4O4. The highest BCUT2D eigenvalue weighted by atomic mass is 16.5. The first-order chi connectivity index (χ1) is 13.2. The maximum Gasteiger partial charge on any atom is 0.298 e. The molecule has 1 aliphatic rings. The van der Waals surface area contributed by atoms with Gasteiger partial charge in [-0.15, -0.1) is 0 Å². The highest BCUT2D eigenvalue weighted by Crippen LogP contribution is 2.29. The Hall–Kier alpha value is -3.03. The lowest BCUT2D eigenvalue weighted by Gasteiger charge is -2.31. The van der Waals surface area contributed by atoms with Gasteiger partial charge in [0.15, 0.2) is 5.58 Å². The number of methoxy groups -OCH3 is 1. The number of carbonyl (C=O) groups is 1. The first kappa shape index (κ1) is 17.4. The van der Waals surface area contributed by atoms with Crippen molar-refractivity contribution >= 4 is 23.0 Å². The molecule has 1 amide bonds. The zero-order valence-electron chi connectivity index (χ0n) is 15.2. The van der Waals surface area contributed by atoms with Crippen molar-refractivity contribution in [2.24, 2.45) is 5.92 Å². The zero-order valence-corrected chi connectivity index (χ0v) is 15.2. The number of amides is 1. The molecule has 0 aliphatic carbocycles. The number of aromatic nitrogens is 2. The zero-order chi connectivity index (χ0) is 18.6. The summed E-state index contributed by atoms with van der Waals surface area (Å²) in [6, 6.07) is 7.93. The molecule has 0 radical (unpaired) electrons. The first-order valence-corrected chi connectivity index (χ1v) is 9.07. The van der Waals surface area contributed by atoms with Crippen molar-refractivity contribution in [1.29, 1.82) is 0 Å². The molecule has 1 aliphatic heterocycles. The minimum absolute atomic E-state index is 0.0205. The fourth-order valence-electron chi connectivity index (χ4n) is 3.41. The lowest BCUT2D eigenvalue weighted by molar-refractivity contribution is -0.122. The summed E-state index contributed by atoms with van der Waals surface area (Å²) in [6.07, 6.45) is 3.99. The van der Waals surface area contributed by atoms with Gasteiger partial charge in [-0.05, 0) is 30.9 Å². The second-order valence-electron chi connectivity index (χ2n) is 6.76. The summed E-state index contributed by atoms with van der Waals surface area (Å²) in [5, 5.41) is 6.68. The third-order valence-electron chi connectivity index (χ3n) is 4.80. The number of hydrogen-bond acceptors (Lipinski definition) is 7. The lowest BCUT2D eigenvalue weighted by Crippen LogP contribution is -2.38. The quantitative estimate of drug-likeness (QED) is 0.713. The van der Waals surface area contributed by atoms with E-state index in [0.29, 0.717) is 19.0 Å². The van der Waals surface area contributed by atoms with Crippen LogP contribution < -0.4 is 15.0 Å². The van der Waals surface area contributed by atoms with Crippen molar-refractivity contribution in [2.75, 3.05) is 25.1 Å². The number of anilines is 1. The number of rotatable bonds is 6. The fourth-order valence-corrected chi connectivity index (χ4v) is 3.41. The van der Waals surface area contributed by atoms with E-state index in [1.54, 1.807) is 13.2 Å². The number of ether oxygens (including phenoxy) is 1. The normalized spacial score (nSPS) is 17.2. The summed E-state index contributed by atoms with van der Waals surface area (Å²) in [5.74, 6) is 1.04. The van der Waals surface area contributed by atoms with Crippen molar-refractivity contribution in [2.45, 2.75) is 25.8 Å². The van der Waals surface area contributed by atoms with Crippen LogP contribution in [0.3, 0.4) is 0 Å². The standard InChI is InChI=1S/C19H22N4O4/c1-25-15-4-5-17-16(10-15)21-19(27-17)23-7-2-3-13(12-23)9-18(24)20-11-14-6-8-26-22-14/h4-6,8,10,13H,2-3,7,9,11-12H2,1H3,(H,20,24). The molecule has 4 rings (SSSR count). The molecule has 142 valence electrons. The largest absolute Gasteiger partial charge is 0.497 e. The van der Waals surface area contributed by atoms with Crippen LogP contribution in [-0.4, -0.2) is 36.2 Å². The second kappa shape index (κ2) is 7.69. The van der Waals surface area contributed by atoms with Crippen molar-refractivity contribution in [1.82, 2.24) is 15.5 Å². The maximum absolute atomic E-state index is 12.2. The highest BCUT2D eigenvalue weighted by Gasteiger charge is 2.25. The fraction of sp³-hybridized carbons (Fsp3) is 0.421. The van der Waals surface area contributed by atoms with Crippen LogP contribution in [0.1, 0.15) is 25.0 Å². The van der Waals surface area contributed by atoms with Gasteiger partial charge in [-0.2, -0.15) is 4.98 Å². The van der Waals surface area contributed by atoms with Gasteiger partial charge < -0.3 is 23.9 Å². The van der Waals surface area contributed by atoms with Gasteiger partial charge in [0.1, 0.15) is 23.2 Å². The molecule has 2 aromatic heterocycles. The second-order valence-corrected chi connectivity index (χ2v) is 6.76. The van der Waals surface area contributed by atoms with Crippen LogP contribution >= 0.6 is 0 Å². The van der Waals surface area contributed by atoms with E-state index in [2.05, 4.69) is 20.4 Å². The number of benzene rings is 1. The molecule has 1 fully saturated rings. The lowest BCUT2D eigenvalue weighted by atomic mass is 9.94. The molecular weight excluding hydrogens is 348 g/mol. The molecule has 3 aromatic rings. The van der Waals surface area contributed by atoms with Crippen molar-refractivity contribution in [3.63, 3.8) is 0 Å². The van der Waals surface area contributed by atoms with Gasteiger partial charge in [0.2, 0.25) is 5.91 Å². The van der Waals surface area contributed by atoms with E-state index < -0.39 is 0 Å². The smallest absolute Gasteiger partial charge is 0.298 e. The van der Waals surface area contributed by atoms with Gasteiger partial charge in [-0.3, -0.25) is 4.79 Å². The van der Waals surface area contributed by atoms with Crippen LogP contribution in [0.5, 0.6) is 5.75 Å². The van der Waals surface area contributed by atoms with Crippen molar-refractivity contribution in [3.05, 3.63) is 36.2 Å². The first-order valence-electron chi connectivity index (χ1n) is 9.07. The Kier molecular flexibility index (Phi) is 4.95. The topological polar surface area (TPSA) is 93.6 Å². The van der Waals surface area contributed by atoms with Crippen molar-refractivity contribution in [3.8, 4) is 5.75 Å². The van der Waals surface area contributed by atoms with Gasteiger partial charge in [0, 0.05) is 31.6 Å². The molecule has 1 saturated heterocycles. The van der Waals surface area contributed by atoms with Gasteiger partial charge in [-0.25, -0.2) is 0 Å². The van der Waals surface area contributed by atoms with Crippen LogP contribution in [0.15, 0.2) is 39.5 Å². The Morgan fingerprint density at radius 2 is 2.33 bits per heavy atom. The Labute approximate surface area is 156 Å². The monoisotopic (exact) mass is 370 g/mol. The molecule has 3 heterocycles. The molecule has 1 unspecified atom stereocenters. The predicted octanol–water partition coefficient (Wildman–Crippen LogP) is 2.75. The van der Waals surface area contributed by atoms with Crippen molar-refractivity contribution < 1.29 is 18.5 Å². The molecule has 1 aromatic carbocycles. The minimum Gasteiger partial charge on any atom is -0.497 e. The highest BCUT2D eigenvalue weighted by molar-refractivity contribution is 5.77. The van der Waals surface area contributed by atoms with E-state index in [9.17, 15) is 4.79 Å². The average Bonchev–Trinajstić information content (AvgIpc) is 3.35. The molecule has 0 saturated carbocycles. The number of carbonyl (C=O) groups excluding carboxylic acids is 1. The molecule has 0 spiro atoms. The van der Waals surface area contributed by atoms with Gasteiger partial charge in [-0.1, -0.05) is 5.16 Å². The Balaban J connectivity index is 1.36. The molecule has 1 N–H and O–H groups in total. The molecule has 1 atom stereocenters. The third-order valence-corrected chi connectivity index (χ3v) is 4.80. The van der Waals surface area contributed by atoms with Gasteiger partial charge >= 0.3 is 0 Å². The molecule has 27 heavy (non-hydrogen) atoms. The van der Waals surface area contributed by atoms with Crippen LogP contribution in [0.25, 0.3) is 11.1 Å². The summed E-state index contributed by atoms with van der Waals surface area (Å²) in [7, 11) is 1.63. The molecule has 0 bridgehead atoms. The van der Waals surface area contributed by atoms with Crippen LogP contribution in [-0.2, 0) is 11.3 Å². The third kappa shape index (κ3) is 4.05. The van der Waals surface area contributed by atoms with Crippen LogP contribution in [0, 0.1) is 5.92 Å². The predicted molar refractivity (Wildman–Crippen MR) is 98.5 cm³/mol. The number of nitrogens with zero attached hydrogens (tertiary/aromatic N) is 3. The summed E-state index contributed by atoms with van der Waals surface area (Å²) >= 11 is 0. The van der Waals surface area contributed by atoms with E-state index in [-0.39, 0.29) is 11.8 Å². The SMILES string of the molecule is COc1ccc2oc(N3CCCC(CC(=O)NCc4ccon4)C3)nc2c1. The van der Waals surface area contributed by atoms with Crippen LogP contribution in [0.4, 0.5) is 6.01 Å². The maximum atomic E-state index is 12.2. The van der Waals surface area contributed by atoms with E-state index in [1.165, 1.54) is 6.26 Å². The summed E-state index contributed by atoms with van der Waals surface area (Å²) in [5.41, 5.74) is 2.23. The average molecular weight is 370 g/mol. The summed E-state index contributed by atoms with van der Waals surface area (Å²) in [6.45, 7) is 2.01. The Morgan fingerprint density at radius 1 is 1.41 bits per heavy atom. The molecule has 8 nitrogen and oxygen atoms in total. The minimum atomic E-state index is 0.0205. The Bertz CT molecular complexity index is 906. The van der Waals surface area contributed by atoms with Gasteiger partial charge in [0.05, 0.1) is 13.7 Å². The van der Waals surface area contributed by atoms with E-state index in [0.717, 1.165) is 48.5 Å². The Morgan fingerprint density at radius 3 is 3.15 bits per heavy atom. The number of hydrogen-bond donors (Lipinski definition) is 1.